The van der Waals surface area contributed by atoms with Gasteiger partial charge in [-0.15, -0.1) is 0 Å². The Morgan fingerprint density at radius 1 is 1.62 bits per heavy atom. The van der Waals surface area contributed by atoms with Crippen molar-refractivity contribution in [1.82, 2.24) is 0 Å². The molecule has 0 aromatic carbocycles. The summed E-state index contributed by atoms with van der Waals surface area (Å²) in [4.78, 5) is 17.5. The SMILES string of the molecule is CCOP(O)(O)=[S+]C. The highest BCUT2D eigenvalue weighted by Gasteiger charge is 2.20. The van der Waals surface area contributed by atoms with E-state index >= 15 is 0 Å². The summed E-state index contributed by atoms with van der Waals surface area (Å²) < 4.78 is 4.56. The Kier molecular flexibility index (Phi) is 3.77. The molecule has 3 nitrogen and oxygen atoms in total. The van der Waals surface area contributed by atoms with Crippen molar-refractivity contribution in [3.63, 3.8) is 0 Å². The van der Waals surface area contributed by atoms with Crippen molar-refractivity contribution in [2.24, 2.45) is 0 Å². The van der Waals surface area contributed by atoms with Crippen LogP contribution in [0.1, 0.15) is 6.92 Å². The second-order valence-electron chi connectivity index (χ2n) is 1.09. The predicted octanol–water partition coefficient (Wildman–Crippen LogP) is 0.398. The molecule has 0 amide bonds. The summed E-state index contributed by atoms with van der Waals surface area (Å²) in [6.45, 7) is -0.938. The van der Waals surface area contributed by atoms with E-state index in [1.807, 2.05) is 0 Å². The highest BCUT2D eigenvalue weighted by molar-refractivity contribution is 8.16. The van der Waals surface area contributed by atoms with Crippen molar-refractivity contribution >= 4 is 17.7 Å². The molecule has 0 saturated heterocycles. The van der Waals surface area contributed by atoms with E-state index in [0.29, 0.717) is 6.61 Å². The lowest BCUT2D eigenvalue weighted by Gasteiger charge is -1.96. The molecule has 5 heteroatoms. The lowest BCUT2D eigenvalue weighted by molar-refractivity contribution is 0.265. The quantitative estimate of drug-likeness (QED) is 0.450. The van der Waals surface area contributed by atoms with Crippen LogP contribution < -0.4 is 0 Å². The van der Waals surface area contributed by atoms with Crippen LogP contribution in [0.5, 0.6) is 0 Å². The van der Waals surface area contributed by atoms with Crippen molar-refractivity contribution in [3.8, 4) is 0 Å². The van der Waals surface area contributed by atoms with Crippen molar-refractivity contribution < 1.29 is 14.3 Å². The molecule has 0 aromatic heterocycles. The van der Waals surface area contributed by atoms with Crippen molar-refractivity contribution in [2.45, 2.75) is 6.92 Å². The van der Waals surface area contributed by atoms with Crippen LogP contribution in [0.25, 0.3) is 0 Å². The first-order valence-corrected chi connectivity index (χ1v) is 5.61. The zero-order valence-electron chi connectivity index (χ0n) is 4.87. The summed E-state index contributed by atoms with van der Waals surface area (Å²) in [5, 5.41) is 0. The number of hydrogen-bond acceptors (Lipinski definition) is 1. The Labute approximate surface area is 52.5 Å². The number of rotatable bonds is 2. The van der Waals surface area contributed by atoms with Gasteiger partial charge < -0.3 is 0 Å². The van der Waals surface area contributed by atoms with Crippen molar-refractivity contribution in [2.75, 3.05) is 12.9 Å². The van der Waals surface area contributed by atoms with Gasteiger partial charge in [0.1, 0.15) is 0 Å². The predicted molar refractivity (Wildman–Crippen MR) is 36.3 cm³/mol. The maximum absolute atomic E-state index is 8.73. The molecule has 0 saturated carbocycles. The van der Waals surface area contributed by atoms with Crippen molar-refractivity contribution in [3.05, 3.63) is 0 Å². The van der Waals surface area contributed by atoms with Crippen LogP contribution in [0.4, 0.5) is 0 Å². The minimum atomic E-state index is -3.01. The first-order chi connectivity index (χ1) is 3.62. The summed E-state index contributed by atoms with van der Waals surface area (Å²) >= 11 is 0. The van der Waals surface area contributed by atoms with E-state index < -0.39 is 6.72 Å². The molecular weight excluding hydrogens is 147 g/mol. The average molecular weight is 157 g/mol. The van der Waals surface area contributed by atoms with Crippen LogP contribution in [0.2, 0.25) is 0 Å². The van der Waals surface area contributed by atoms with Crippen LogP contribution in [0, 0.1) is 0 Å². The Balaban J connectivity index is 3.74. The van der Waals surface area contributed by atoms with Crippen LogP contribution in [0.15, 0.2) is 0 Å². The van der Waals surface area contributed by atoms with E-state index in [0.717, 1.165) is 10.9 Å². The fourth-order valence-corrected chi connectivity index (χ4v) is 1.30. The molecule has 0 radical (unpaired) electrons. The Hall–Kier alpha value is 0.530. The van der Waals surface area contributed by atoms with E-state index in [1.54, 1.807) is 13.2 Å². The summed E-state index contributed by atoms with van der Waals surface area (Å²) in [7, 11) is 0.952. The molecule has 50 valence electrons. The minimum absolute atomic E-state index is 0.349. The van der Waals surface area contributed by atoms with Crippen LogP contribution in [-0.2, 0) is 15.5 Å². The Bertz CT molecular complexity index is 107. The molecule has 0 fully saturated rings. The molecule has 0 spiro atoms. The maximum atomic E-state index is 8.73. The minimum Gasteiger partial charge on any atom is -0.289 e. The molecule has 0 aliphatic rings. The highest BCUT2D eigenvalue weighted by atomic mass is 32.5. The van der Waals surface area contributed by atoms with Gasteiger partial charge in [-0.1, -0.05) is 0 Å². The standard InChI is InChI=1S/C3H10O3PS/c1-3-6-7(4,5)8-2/h4-5H,3H2,1-2H3/q+1. The Morgan fingerprint density at radius 2 is 2.12 bits per heavy atom. The van der Waals surface area contributed by atoms with Gasteiger partial charge in [-0.25, -0.2) is 0 Å². The second-order valence-corrected chi connectivity index (χ2v) is 5.22. The highest BCUT2D eigenvalue weighted by Crippen LogP contribution is 2.37. The summed E-state index contributed by atoms with van der Waals surface area (Å²) in [5.74, 6) is 0. The third kappa shape index (κ3) is 3.52. The fourth-order valence-electron chi connectivity index (χ4n) is 0.221. The van der Waals surface area contributed by atoms with Gasteiger partial charge >= 0.3 is 6.72 Å². The topological polar surface area (TPSA) is 49.7 Å². The van der Waals surface area contributed by atoms with Gasteiger partial charge in [0, 0.05) is 0 Å². The molecular formula is C3H10O3PS+. The first kappa shape index (κ1) is 8.53. The first-order valence-electron chi connectivity index (χ1n) is 2.17. The fraction of sp³-hybridized carbons (Fsp3) is 1.00. The van der Waals surface area contributed by atoms with E-state index in [4.69, 9.17) is 9.79 Å². The van der Waals surface area contributed by atoms with Gasteiger partial charge in [0.25, 0.3) is 0 Å². The molecule has 0 aliphatic carbocycles. The van der Waals surface area contributed by atoms with Gasteiger partial charge in [0.15, 0.2) is 6.26 Å². The molecule has 0 rings (SSSR count). The molecule has 2 N–H and O–H groups in total. The van der Waals surface area contributed by atoms with Crippen LogP contribution in [0.3, 0.4) is 0 Å². The summed E-state index contributed by atoms with van der Waals surface area (Å²) in [6.07, 6.45) is 1.60. The summed E-state index contributed by atoms with van der Waals surface area (Å²) in [5.41, 5.74) is 0. The third-order valence-electron chi connectivity index (χ3n) is 0.535. The maximum Gasteiger partial charge on any atom is 0.517 e. The zero-order valence-corrected chi connectivity index (χ0v) is 6.58. The van der Waals surface area contributed by atoms with E-state index in [1.165, 1.54) is 0 Å². The van der Waals surface area contributed by atoms with Gasteiger partial charge in [-0.2, -0.15) is 0 Å². The van der Waals surface area contributed by atoms with Gasteiger partial charge in [-0.3, -0.25) is 14.3 Å². The number of hydrogen-bond donors (Lipinski definition) is 2. The van der Waals surface area contributed by atoms with Crippen LogP contribution >= 0.6 is 6.72 Å². The molecule has 0 atom stereocenters. The lowest BCUT2D eigenvalue weighted by Crippen LogP contribution is -1.87. The van der Waals surface area contributed by atoms with Gasteiger partial charge in [-0.05, 0) is 6.92 Å². The largest absolute Gasteiger partial charge is 0.517 e. The third-order valence-corrected chi connectivity index (χ3v) is 3.35. The zero-order chi connectivity index (χ0) is 6.62. The molecule has 0 aromatic rings. The molecule has 0 unspecified atom stereocenters. The molecule has 0 bridgehead atoms. The normalized spacial score (nSPS) is 11.5. The van der Waals surface area contributed by atoms with Gasteiger partial charge in [0.05, 0.1) is 6.61 Å². The second kappa shape index (κ2) is 3.54. The monoisotopic (exact) mass is 157 g/mol. The van der Waals surface area contributed by atoms with Crippen LogP contribution in [-0.4, -0.2) is 22.6 Å². The van der Waals surface area contributed by atoms with E-state index in [9.17, 15) is 0 Å². The van der Waals surface area contributed by atoms with E-state index in [2.05, 4.69) is 4.52 Å². The smallest absolute Gasteiger partial charge is 0.289 e. The van der Waals surface area contributed by atoms with E-state index in [-0.39, 0.29) is 0 Å². The average Bonchev–Trinajstić information content (AvgIpc) is 1.67. The molecule has 0 aliphatic heterocycles. The Morgan fingerprint density at radius 3 is 2.25 bits per heavy atom. The molecule has 8 heavy (non-hydrogen) atoms. The lowest BCUT2D eigenvalue weighted by atomic mass is 10.9. The van der Waals surface area contributed by atoms with Gasteiger partial charge in [0.2, 0.25) is 10.9 Å². The summed E-state index contributed by atoms with van der Waals surface area (Å²) in [6, 6.07) is 0. The molecule has 0 heterocycles. The van der Waals surface area contributed by atoms with Crippen molar-refractivity contribution in [1.29, 1.82) is 0 Å².